The molecule has 0 spiro atoms. The lowest BCUT2D eigenvalue weighted by Gasteiger charge is -2.20. The summed E-state index contributed by atoms with van der Waals surface area (Å²) in [6.45, 7) is 1.04. The minimum Gasteiger partial charge on any atom is -0.282 e. The van der Waals surface area contributed by atoms with Crippen molar-refractivity contribution in [3.05, 3.63) is 71.5 Å². The number of carbonyl (C=O) groups excluding carboxylic acids is 1. The number of para-hydroxylation sites is 1. The molecule has 0 aliphatic heterocycles. The molecule has 142 valence electrons. The van der Waals surface area contributed by atoms with Gasteiger partial charge in [0.25, 0.3) is 5.91 Å². The Labute approximate surface area is 176 Å². The van der Waals surface area contributed by atoms with Crippen LogP contribution in [0.1, 0.15) is 10.4 Å². The second kappa shape index (κ2) is 8.34. The van der Waals surface area contributed by atoms with Gasteiger partial charge >= 0.3 is 0 Å². The van der Waals surface area contributed by atoms with Crippen LogP contribution in [0.15, 0.2) is 65.8 Å². The van der Waals surface area contributed by atoms with Crippen LogP contribution in [-0.2, 0) is 6.54 Å². The Bertz CT molecular complexity index is 1090. The number of hydrogen-bond acceptors (Lipinski definition) is 5. The Hall–Kier alpha value is -2.35. The van der Waals surface area contributed by atoms with E-state index in [0.29, 0.717) is 28.8 Å². The number of benzene rings is 2. The Balaban J connectivity index is 1.69. The second-order valence-corrected chi connectivity index (χ2v) is 8.33. The zero-order chi connectivity index (χ0) is 19.5. The van der Waals surface area contributed by atoms with E-state index in [9.17, 15) is 4.79 Å². The van der Waals surface area contributed by atoms with Crippen LogP contribution in [-0.4, -0.2) is 33.5 Å². The van der Waals surface area contributed by atoms with Gasteiger partial charge in [0, 0.05) is 29.4 Å². The van der Waals surface area contributed by atoms with Crippen LogP contribution in [0.25, 0.3) is 10.2 Å². The number of thioether (sulfide) groups is 1. The van der Waals surface area contributed by atoms with Gasteiger partial charge in [-0.3, -0.25) is 14.4 Å². The molecule has 0 atom stereocenters. The molecule has 8 heteroatoms. The van der Waals surface area contributed by atoms with Crippen molar-refractivity contribution in [2.45, 2.75) is 11.4 Å². The minimum absolute atomic E-state index is 0.0880. The zero-order valence-electron chi connectivity index (χ0n) is 15.1. The van der Waals surface area contributed by atoms with Crippen molar-refractivity contribution in [2.24, 2.45) is 0 Å². The van der Waals surface area contributed by atoms with Crippen LogP contribution in [0, 0.1) is 0 Å². The molecule has 4 aromatic rings. The van der Waals surface area contributed by atoms with Gasteiger partial charge in [-0.25, -0.2) is 4.98 Å². The van der Waals surface area contributed by atoms with Gasteiger partial charge in [0.05, 0.1) is 16.3 Å². The first-order chi connectivity index (χ1) is 13.7. The van der Waals surface area contributed by atoms with Crippen LogP contribution in [0.4, 0.5) is 5.13 Å². The molecular formula is C20H17ClN4OS2. The van der Waals surface area contributed by atoms with E-state index in [0.717, 1.165) is 15.1 Å². The Kier molecular flexibility index (Phi) is 5.66. The van der Waals surface area contributed by atoms with Crippen molar-refractivity contribution in [3.8, 4) is 0 Å². The average molecular weight is 429 g/mol. The summed E-state index contributed by atoms with van der Waals surface area (Å²) >= 11 is 9.40. The van der Waals surface area contributed by atoms with E-state index in [1.807, 2.05) is 61.0 Å². The summed E-state index contributed by atoms with van der Waals surface area (Å²) < 4.78 is 2.76. The molecule has 0 bridgehead atoms. The predicted molar refractivity (Wildman–Crippen MR) is 117 cm³/mol. The summed E-state index contributed by atoms with van der Waals surface area (Å²) in [7, 11) is 0. The monoisotopic (exact) mass is 428 g/mol. The Morgan fingerprint density at radius 1 is 1.21 bits per heavy atom. The fourth-order valence-electron chi connectivity index (χ4n) is 2.83. The van der Waals surface area contributed by atoms with E-state index in [1.165, 1.54) is 11.3 Å². The topological polar surface area (TPSA) is 51.0 Å². The van der Waals surface area contributed by atoms with Crippen LogP contribution < -0.4 is 4.90 Å². The van der Waals surface area contributed by atoms with E-state index in [4.69, 9.17) is 11.6 Å². The molecule has 2 heterocycles. The van der Waals surface area contributed by atoms with Crippen LogP contribution in [0.5, 0.6) is 0 Å². The fourth-order valence-corrected chi connectivity index (χ4v) is 4.53. The van der Waals surface area contributed by atoms with Gasteiger partial charge in [0.1, 0.15) is 5.52 Å². The molecule has 0 saturated carbocycles. The lowest BCUT2D eigenvalue weighted by Crippen LogP contribution is -2.34. The molecule has 0 saturated heterocycles. The number of rotatable bonds is 6. The number of hydrogen-bond donors (Lipinski definition) is 0. The van der Waals surface area contributed by atoms with E-state index in [2.05, 4.69) is 10.1 Å². The van der Waals surface area contributed by atoms with Gasteiger partial charge in [0.15, 0.2) is 5.13 Å². The quantitative estimate of drug-likeness (QED) is 0.395. The zero-order valence-corrected chi connectivity index (χ0v) is 17.5. The van der Waals surface area contributed by atoms with Gasteiger partial charge in [-0.15, -0.1) is 11.8 Å². The average Bonchev–Trinajstić information content (AvgIpc) is 3.39. The Morgan fingerprint density at radius 2 is 2.04 bits per heavy atom. The molecule has 4 rings (SSSR count). The maximum Gasteiger partial charge on any atom is 0.260 e. The number of halogens is 1. The molecule has 2 aromatic heterocycles. The molecule has 2 aromatic carbocycles. The van der Waals surface area contributed by atoms with Crippen molar-refractivity contribution in [1.29, 1.82) is 0 Å². The van der Waals surface area contributed by atoms with Crippen LogP contribution in [0.3, 0.4) is 0 Å². The van der Waals surface area contributed by atoms with Crippen molar-refractivity contribution >= 4 is 56.0 Å². The molecule has 0 aliphatic rings. The summed E-state index contributed by atoms with van der Waals surface area (Å²) in [6.07, 6.45) is 5.62. The van der Waals surface area contributed by atoms with Gasteiger partial charge < -0.3 is 0 Å². The van der Waals surface area contributed by atoms with Crippen LogP contribution >= 0.6 is 34.7 Å². The Morgan fingerprint density at radius 3 is 2.71 bits per heavy atom. The lowest BCUT2D eigenvalue weighted by atomic mass is 10.2. The first kappa shape index (κ1) is 19.0. The third-order valence-corrected chi connectivity index (χ3v) is 6.38. The number of thiazole rings is 1. The second-order valence-electron chi connectivity index (χ2n) is 6.04. The molecule has 0 unspecified atom stereocenters. The minimum atomic E-state index is -0.0880. The molecular weight excluding hydrogens is 412 g/mol. The standard InChI is InChI=1S/C20H17ClN4OS2/c1-27-15-8-6-14(7-9-15)19(26)25(13-12-24-11-3-10-22-24)20-23-18-16(21)4-2-5-17(18)28-20/h2-11H,12-13H2,1H3. The molecule has 5 nitrogen and oxygen atoms in total. The molecule has 0 radical (unpaired) electrons. The number of nitrogens with zero attached hydrogens (tertiary/aromatic N) is 4. The highest BCUT2D eigenvalue weighted by Gasteiger charge is 2.22. The highest BCUT2D eigenvalue weighted by Crippen LogP contribution is 2.33. The highest BCUT2D eigenvalue weighted by molar-refractivity contribution is 7.98. The molecule has 0 fully saturated rings. The van der Waals surface area contributed by atoms with Crippen molar-refractivity contribution in [3.63, 3.8) is 0 Å². The number of carbonyl (C=O) groups is 1. The van der Waals surface area contributed by atoms with Crippen molar-refractivity contribution in [1.82, 2.24) is 14.8 Å². The van der Waals surface area contributed by atoms with Crippen molar-refractivity contribution < 1.29 is 4.79 Å². The SMILES string of the molecule is CSc1ccc(C(=O)N(CCn2cccn2)c2nc3c(Cl)cccc3s2)cc1. The third-order valence-electron chi connectivity index (χ3n) is 4.28. The number of amides is 1. The van der Waals surface area contributed by atoms with Gasteiger partial charge in [0.2, 0.25) is 0 Å². The van der Waals surface area contributed by atoms with Crippen molar-refractivity contribution in [2.75, 3.05) is 17.7 Å². The maximum atomic E-state index is 13.3. The third kappa shape index (κ3) is 3.92. The summed E-state index contributed by atoms with van der Waals surface area (Å²) in [5.74, 6) is -0.0880. The molecule has 1 amide bonds. The number of aromatic nitrogens is 3. The van der Waals surface area contributed by atoms with E-state index in [-0.39, 0.29) is 5.91 Å². The number of anilines is 1. The van der Waals surface area contributed by atoms with E-state index in [1.54, 1.807) is 27.5 Å². The predicted octanol–water partition coefficient (Wildman–Crippen LogP) is 5.22. The lowest BCUT2D eigenvalue weighted by molar-refractivity contribution is 0.0985. The smallest absolute Gasteiger partial charge is 0.260 e. The maximum absolute atomic E-state index is 13.3. The normalized spacial score (nSPS) is 11.1. The summed E-state index contributed by atoms with van der Waals surface area (Å²) in [4.78, 5) is 20.8. The molecule has 0 N–H and O–H groups in total. The van der Waals surface area contributed by atoms with Gasteiger partial charge in [-0.2, -0.15) is 5.10 Å². The highest BCUT2D eigenvalue weighted by atomic mass is 35.5. The van der Waals surface area contributed by atoms with E-state index < -0.39 is 0 Å². The summed E-state index contributed by atoms with van der Waals surface area (Å²) in [5.41, 5.74) is 1.35. The summed E-state index contributed by atoms with van der Waals surface area (Å²) in [5, 5.41) is 5.45. The molecule has 28 heavy (non-hydrogen) atoms. The van der Waals surface area contributed by atoms with Gasteiger partial charge in [-0.05, 0) is 48.7 Å². The first-order valence-electron chi connectivity index (χ1n) is 8.64. The van der Waals surface area contributed by atoms with E-state index >= 15 is 0 Å². The molecule has 0 aliphatic carbocycles. The number of fused-ring (bicyclic) bond motifs is 1. The summed E-state index contributed by atoms with van der Waals surface area (Å²) in [6, 6.07) is 15.2. The van der Waals surface area contributed by atoms with Crippen LogP contribution in [0.2, 0.25) is 5.02 Å². The first-order valence-corrected chi connectivity index (χ1v) is 11.1. The van der Waals surface area contributed by atoms with Gasteiger partial charge in [-0.1, -0.05) is 29.0 Å². The fraction of sp³-hybridized carbons (Fsp3) is 0.150. The largest absolute Gasteiger partial charge is 0.282 e.